The summed E-state index contributed by atoms with van der Waals surface area (Å²) in [5, 5.41) is 14.1. The molecule has 1 fully saturated rings. The van der Waals surface area contributed by atoms with Crippen LogP contribution in [0.5, 0.6) is 5.75 Å². The van der Waals surface area contributed by atoms with E-state index in [1.807, 2.05) is 25.1 Å². The van der Waals surface area contributed by atoms with Crippen molar-refractivity contribution in [2.24, 2.45) is 0 Å². The molecule has 1 aromatic heterocycles. The Labute approximate surface area is 194 Å². The smallest absolute Gasteiger partial charge is 0.406 e. The van der Waals surface area contributed by atoms with Gasteiger partial charge in [-0.1, -0.05) is 24.3 Å². The molecule has 0 unspecified atom stereocenters. The van der Waals surface area contributed by atoms with Crippen molar-refractivity contribution in [3.63, 3.8) is 0 Å². The molecule has 5 nitrogen and oxygen atoms in total. The van der Waals surface area contributed by atoms with E-state index in [1.165, 1.54) is 18.2 Å². The van der Waals surface area contributed by atoms with Crippen molar-refractivity contribution in [1.29, 1.82) is 0 Å². The first-order chi connectivity index (χ1) is 16.2. The summed E-state index contributed by atoms with van der Waals surface area (Å²) < 4.78 is 57.2. The Morgan fingerprint density at radius 1 is 1.12 bits per heavy atom. The number of nitrogens with zero attached hydrogens (tertiary/aromatic N) is 3. The number of aryl methyl sites for hydroxylation is 1. The maximum Gasteiger partial charge on any atom is 0.573 e. The second-order valence-corrected chi connectivity index (χ2v) is 8.33. The van der Waals surface area contributed by atoms with Gasteiger partial charge >= 0.3 is 6.36 Å². The van der Waals surface area contributed by atoms with Gasteiger partial charge in [0.2, 0.25) is 0 Å². The first kappa shape index (κ1) is 23.8. The van der Waals surface area contributed by atoms with E-state index in [0.29, 0.717) is 12.1 Å². The Balaban J connectivity index is 1.46. The van der Waals surface area contributed by atoms with E-state index >= 15 is 0 Å². The van der Waals surface area contributed by atoms with Crippen LogP contribution in [-0.2, 0) is 6.54 Å². The summed E-state index contributed by atoms with van der Waals surface area (Å²) in [5.41, 5.74) is 3.41. The summed E-state index contributed by atoms with van der Waals surface area (Å²) in [6, 6.07) is 14.7. The summed E-state index contributed by atoms with van der Waals surface area (Å²) in [6.45, 7) is 3.90. The Morgan fingerprint density at radius 2 is 1.82 bits per heavy atom. The minimum Gasteiger partial charge on any atom is -0.406 e. The van der Waals surface area contributed by atoms with E-state index < -0.39 is 12.2 Å². The second kappa shape index (κ2) is 9.89. The first-order valence-corrected chi connectivity index (χ1v) is 11.0. The lowest BCUT2D eigenvalue weighted by molar-refractivity contribution is -0.274. The number of hydrogen-bond acceptors (Lipinski definition) is 4. The molecule has 4 rings (SSSR count). The molecule has 0 amide bonds. The van der Waals surface area contributed by atoms with Crippen molar-refractivity contribution < 1.29 is 27.4 Å². The summed E-state index contributed by atoms with van der Waals surface area (Å²) in [7, 11) is 0. The zero-order chi connectivity index (χ0) is 24.3. The summed E-state index contributed by atoms with van der Waals surface area (Å²) in [4.78, 5) is 2.24. The summed E-state index contributed by atoms with van der Waals surface area (Å²) >= 11 is 0. The standard InChI is InChI=1S/C25H25F4N3O2/c1-17-13-24(23(26)15-18-5-7-22(8-6-18)34-25(27,28)29)30-32(17)16-19-3-2-4-20(14-19)31-11-9-21(33)10-12-31/h2-8,13-15,21,33H,9-12,16H2,1H3/b23-15-. The third-order valence-corrected chi connectivity index (χ3v) is 5.71. The highest BCUT2D eigenvalue weighted by molar-refractivity contribution is 5.75. The second-order valence-electron chi connectivity index (χ2n) is 8.33. The van der Waals surface area contributed by atoms with Gasteiger partial charge < -0.3 is 14.7 Å². The van der Waals surface area contributed by atoms with Crippen molar-refractivity contribution >= 4 is 17.6 Å². The van der Waals surface area contributed by atoms with Gasteiger partial charge in [-0.05, 0) is 67.3 Å². The number of aromatic nitrogens is 2. The van der Waals surface area contributed by atoms with Gasteiger partial charge in [-0.2, -0.15) is 5.10 Å². The Hall–Kier alpha value is -3.33. The molecule has 1 saturated heterocycles. The summed E-state index contributed by atoms with van der Waals surface area (Å²) in [5.74, 6) is -0.958. The number of anilines is 1. The van der Waals surface area contributed by atoms with Crippen LogP contribution in [0.1, 0.15) is 35.4 Å². The van der Waals surface area contributed by atoms with Crippen LogP contribution in [-0.4, -0.2) is 40.4 Å². The van der Waals surface area contributed by atoms with Crippen molar-refractivity contribution in [2.75, 3.05) is 18.0 Å². The number of alkyl halides is 3. The SMILES string of the molecule is Cc1cc(/C(F)=C/c2ccc(OC(F)(F)F)cc2)nn1Cc1cccc(N2CCC(O)CC2)c1. The minimum absolute atomic E-state index is 0.147. The molecule has 1 N–H and O–H groups in total. The molecule has 0 radical (unpaired) electrons. The average Bonchev–Trinajstić information content (AvgIpc) is 3.15. The number of ether oxygens (including phenoxy) is 1. The molecule has 2 heterocycles. The Kier molecular flexibility index (Phi) is 6.92. The zero-order valence-electron chi connectivity index (χ0n) is 18.6. The van der Waals surface area contributed by atoms with E-state index in [9.17, 15) is 22.7 Å². The highest BCUT2D eigenvalue weighted by Gasteiger charge is 2.30. The minimum atomic E-state index is -4.78. The molecule has 0 bridgehead atoms. The number of aliphatic hydroxyl groups excluding tert-OH is 1. The van der Waals surface area contributed by atoms with E-state index in [1.54, 1.807) is 10.7 Å². The van der Waals surface area contributed by atoms with Crippen LogP contribution in [0.4, 0.5) is 23.2 Å². The normalized spacial score (nSPS) is 15.6. The third kappa shape index (κ3) is 6.17. The molecule has 1 aliphatic heterocycles. The zero-order valence-corrected chi connectivity index (χ0v) is 18.6. The first-order valence-electron chi connectivity index (χ1n) is 11.0. The van der Waals surface area contributed by atoms with Gasteiger partial charge in [0.25, 0.3) is 0 Å². The molecule has 0 spiro atoms. The Bertz CT molecular complexity index is 1150. The van der Waals surface area contributed by atoms with E-state index in [0.717, 1.165) is 55.0 Å². The predicted octanol–water partition coefficient (Wildman–Crippen LogP) is 5.57. The van der Waals surface area contributed by atoms with Crippen LogP contribution in [0.15, 0.2) is 54.6 Å². The molecule has 2 aromatic carbocycles. The molecule has 34 heavy (non-hydrogen) atoms. The topological polar surface area (TPSA) is 50.5 Å². The van der Waals surface area contributed by atoms with Crippen LogP contribution in [0, 0.1) is 6.92 Å². The number of halogens is 4. The highest BCUT2D eigenvalue weighted by Crippen LogP contribution is 2.26. The number of rotatable bonds is 6. The van der Waals surface area contributed by atoms with Crippen molar-refractivity contribution in [1.82, 2.24) is 9.78 Å². The number of benzene rings is 2. The molecule has 0 saturated carbocycles. The van der Waals surface area contributed by atoms with Crippen LogP contribution in [0.25, 0.3) is 11.9 Å². The Morgan fingerprint density at radius 3 is 2.50 bits per heavy atom. The number of aliphatic hydroxyl groups is 1. The predicted molar refractivity (Wildman–Crippen MR) is 122 cm³/mol. The molecule has 3 aromatic rings. The molecule has 1 aliphatic rings. The maximum atomic E-state index is 14.8. The van der Waals surface area contributed by atoms with Gasteiger partial charge in [0, 0.05) is 24.5 Å². The van der Waals surface area contributed by atoms with Crippen LogP contribution < -0.4 is 9.64 Å². The lowest BCUT2D eigenvalue weighted by atomic mass is 10.1. The van der Waals surface area contributed by atoms with Gasteiger partial charge in [0.15, 0.2) is 5.83 Å². The van der Waals surface area contributed by atoms with E-state index in [-0.39, 0.29) is 17.5 Å². The van der Waals surface area contributed by atoms with Crippen molar-refractivity contribution in [2.45, 2.75) is 38.8 Å². The van der Waals surface area contributed by atoms with Crippen LogP contribution in [0.3, 0.4) is 0 Å². The van der Waals surface area contributed by atoms with Gasteiger partial charge in [-0.15, -0.1) is 13.2 Å². The fourth-order valence-corrected chi connectivity index (χ4v) is 3.92. The van der Waals surface area contributed by atoms with Crippen molar-refractivity contribution in [3.05, 3.63) is 77.1 Å². The maximum absolute atomic E-state index is 14.8. The molecule has 0 aliphatic carbocycles. The fraction of sp³-hybridized carbons (Fsp3) is 0.320. The quantitative estimate of drug-likeness (QED) is 0.474. The fourth-order valence-electron chi connectivity index (χ4n) is 3.92. The molecule has 9 heteroatoms. The molecule has 0 atom stereocenters. The van der Waals surface area contributed by atoms with Crippen LogP contribution >= 0.6 is 0 Å². The highest BCUT2D eigenvalue weighted by atomic mass is 19.4. The van der Waals surface area contributed by atoms with Crippen molar-refractivity contribution in [3.8, 4) is 5.75 Å². The lowest BCUT2D eigenvalue weighted by Crippen LogP contribution is -2.35. The van der Waals surface area contributed by atoms with Gasteiger partial charge in [-0.25, -0.2) is 4.39 Å². The average molecular weight is 475 g/mol. The van der Waals surface area contributed by atoms with E-state index in [4.69, 9.17) is 0 Å². The van der Waals surface area contributed by atoms with Gasteiger partial charge in [0.05, 0.1) is 12.6 Å². The summed E-state index contributed by atoms with van der Waals surface area (Å²) in [6.07, 6.45) is -2.30. The lowest BCUT2D eigenvalue weighted by Gasteiger charge is -2.31. The van der Waals surface area contributed by atoms with Crippen LogP contribution in [0.2, 0.25) is 0 Å². The number of hydrogen-bond donors (Lipinski definition) is 1. The molecular weight excluding hydrogens is 450 g/mol. The van der Waals surface area contributed by atoms with E-state index in [2.05, 4.69) is 20.8 Å². The third-order valence-electron chi connectivity index (χ3n) is 5.71. The molecule has 180 valence electrons. The van der Waals surface area contributed by atoms with Gasteiger partial charge in [0.1, 0.15) is 11.4 Å². The monoisotopic (exact) mass is 475 g/mol. The largest absolute Gasteiger partial charge is 0.573 e. The van der Waals surface area contributed by atoms with Gasteiger partial charge in [-0.3, -0.25) is 4.68 Å². The molecular formula is C25H25F4N3O2. The number of piperidine rings is 1.